The lowest BCUT2D eigenvalue weighted by atomic mass is 10.1. The Hall–Kier alpha value is -4.93. The first-order chi connectivity index (χ1) is 25.3. The third-order valence-corrected chi connectivity index (χ3v) is 11.0. The molecule has 0 spiro atoms. The molecule has 0 aliphatic carbocycles. The fourth-order valence-electron chi connectivity index (χ4n) is 6.99. The van der Waals surface area contributed by atoms with Gasteiger partial charge in [-0.25, -0.2) is 0 Å². The maximum atomic E-state index is 6.23. The van der Waals surface area contributed by atoms with Crippen LogP contribution in [0.15, 0.2) is 131 Å². The van der Waals surface area contributed by atoms with Crippen molar-refractivity contribution in [2.24, 2.45) is 0 Å². The minimum atomic E-state index is 0.915. The maximum Gasteiger partial charge on any atom is 0.151 e. The molecule has 0 aromatic heterocycles. The number of benzene rings is 6. The van der Waals surface area contributed by atoms with Crippen LogP contribution in [-0.2, 0) is 12.8 Å². The molecule has 0 amide bonds. The summed E-state index contributed by atoms with van der Waals surface area (Å²) < 4.78 is 6.23. The Morgan fingerprint density at radius 2 is 0.808 bits per heavy atom. The molecule has 0 fully saturated rings. The van der Waals surface area contributed by atoms with E-state index in [4.69, 9.17) is 4.74 Å². The Labute approximate surface area is 315 Å². The summed E-state index contributed by atoms with van der Waals surface area (Å²) in [7, 11) is 0. The van der Waals surface area contributed by atoms with E-state index in [9.17, 15) is 0 Å². The Bertz CT molecular complexity index is 1910. The van der Waals surface area contributed by atoms with Crippen LogP contribution in [-0.4, -0.2) is 0 Å². The first-order valence-electron chi connectivity index (χ1n) is 18.9. The second kappa shape index (κ2) is 15.8. The van der Waals surface area contributed by atoms with Gasteiger partial charge in [-0.3, -0.25) is 0 Å². The van der Waals surface area contributed by atoms with Gasteiger partial charge in [-0.2, -0.15) is 0 Å². The molecule has 264 valence electrons. The van der Waals surface area contributed by atoms with Gasteiger partial charge in [0.15, 0.2) is 11.5 Å². The number of unbranched alkanes of at least 4 members (excludes halogenated alkanes) is 2. The highest BCUT2D eigenvalue weighted by molar-refractivity contribution is 7.99. The number of anilines is 6. The number of fused-ring (bicyclic) bond motifs is 4. The van der Waals surface area contributed by atoms with E-state index in [1.54, 1.807) is 0 Å². The smallest absolute Gasteiger partial charge is 0.151 e. The zero-order valence-corrected chi connectivity index (χ0v) is 32.3. The minimum absolute atomic E-state index is 0.915. The molecule has 2 aliphatic rings. The van der Waals surface area contributed by atoms with Crippen LogP contribution in [0.5, 0.6) is 11.5 Å². The molecule has 0 N–H and O–H groups in total. The van der Waals surface area contributed by atoms with E-state index in [0.717, 1.165) is 35.7 Å². The van der Waals surface area contributed by atoms with Crippen molar-refractivity contribution in [2.45, 2.75) is 89.9 Å². The molecule has 4 heteroatoms. The molecule has 6 aromatic rings. The van der Waals surface area contributed by atoms with Crippen LogP contribution in [0.25, 0.3) is 0 Å². The van der Waals surface area contributed by atoms with Gasteiger partial charge in [-0.05, 0) is 160 Å². The van der Waals surface area contributed by atoms with Crippen molar-refractivity contribution >= 4 is 45.9 Å². The molecule has 8 rings (SSSR count). The van der Waals surface area contributed by atoms with Gasteiger partial charge in [0.2, 0.25) is 0 Å². The summed E-state index contributed by atoms with van der Waals surface area (Å²) >= 11 is 1.88. The predicted octanol–water partition coefficient (Wildman–Crippen LogP) is 14.8. The molecule has 0 atom stereocenters. The number of rotatable bonds is 8. The van der Waals surface area contributed by atoms with Crippen LogP contribution >= 0.6 is 11.8 Å². The lowest BCUT2D eigenvalue weighted by Gasteiger charge is -2.33. The first-order valence-corrected chi connectivity index (χ1v) is 19.7. The highest BCUT2D eigenvalue weighted by atomic mass is 32.2. The normalized spacial score (nSPS) is 12.5. The maximum absolute atomic E-state index is 6.23. The van der Waals surface area contributed by atoms with Crippen molar-refractivity contribution in [3.05, 3.63) is 155 Å². The number of hydrogen-bond acceptors (Lipinski definition) is 4. The molecule has 52 heavy (non-hydrogen) atoms. The van der Waals surface area contributed by atoms with E-state index >= 15 is 0 Å². The van der Waals surface area contributed by atoms with Crippen molar-refractivity contribution in [1.29, 1.82) is 0 Å². The van der Waals surface area contributed by atoms with Crippen molar-refractivity contribution in [2.75, 3.05) is 9.80 Å². The average molecular weight is 703 g/mol. The topological polar surface area (TPSA) is 15.7 Å². The summed E-state index contributed by atoms with van der Waals surface area (Å²) in [6, 6.07) is 44.4. The highest BCUT2D eigenvalue weighted by Gasteiger charge is 2.27. The van der Waals surface area contributed by atoms with Crippen molar-refractivity contribution in [3.8, 4) is 11.5 Å². The number of aryl methyl sites for hydroxylation is 6. The summed E-state index contributed by atoms with van der Waals surface area (Å²) in [5.74, 6) is 1.83. The van der Waals surface area contributed by atoms with Crippen molar-refractivity contribution in [3.63, 3.8) is 0 Å². The molecular weight excluding hydrogens is 653 g/mol. The zero-order chi connectivity index (χ0) is 36.2. The summed E-state index contributed by atoms with van der Waals surface area (Å²) in [5.41, 5.74) is 15.0. The number of ether oxygens (including phenoxy) is 1. The molecule has 0 radical (unpaired) electrons. The summed E-state index contributed by atoms with van der Waals surface area (Å²) in [5, 5.41) is 0. The second-order valence-electron chi connectivity index (χ2n) is 14.3. The third kappa shape index (κ3) is 7.64. The summed E-state index contributed by atoms with van der Waals surface area (Å²) in [6.07, 6.45) is 7.27. The van der Waals surface area contributed by atoms with Crippen molar-refractivity contribution in [1.82, 2.24) is 0 Å². The molecule has 0 saturated heterocycles. The Morgan fingerprint density at radius 1 is 0.442 bits per heavy atom. The Kier molecular flexibility index (Phi) is 10.7. The monoisotopic (exact) mass is 702 g/mol. The third-order valence-electron chi connectivity index (χ3n) is 9.89. The average Bonchev–Trinajstić information content (AvgIpc) is 3.15. The molecule has 0 bridgehead atoms. The summed E-state index contributed by atoms with van der Waals surface area (Å²) in [6.45, 7) is 13.0. The molecule has 3 nitrogen and oxygen atoms in total. The van der Waals surface area contributed by atoms with E-state index in [2.05, 4.69) is 173 Å². The van der Waals surface area contributed by atoms with Crippen LogP contribution in [0, 0.1) is 27.7 Å². The van der Waals surface area contributed by atoms with E-state index in [1.165, 1.54) is 91.6 Å². The van der Waals surface area contributed by atoms with Gasteiger partial charge in [0, 0.05) is 21.2 Å². The van der Waals surface area contributed by atoms with E-state index < -0.39 is 0 Å². The van der Waals surface area contributed by atoms with Crippen molar-refractivity contribution < 1.29 is 4.74 Å². The van der Waals surface area contributed by atoms with E-state index in [0.29, 0.717) is 0 Å². The van der Waals surface area contributed by atoms with Crippen LogP contribution < -0.4 is 14.5 Å². The Morgan fingerprint density at radius 3 is 1.21 bits per heavy atom. The predicted molar refractivity (Wildman–Crippen MR) is 223 cm³/mol. The second-order valence-corrected chi connectivity index (χ2v) is 15.4. The molecule has 0 unspecified atom stereocenters. The van der Waals surface area contributed by atoms with Gasteiger partial charge < -0.3 is 14.5 Å². The molecule has 2 heterocycles. The van der Waals surface area contributed by atoms with Crippen LogP contribution in [0.2, 0.25) is 0 Å². The lowest BCUT2D eigenvalue weighted by molar-refractivity contribution is 0.476. The van der Waals surface area contributed by atoms with Crippen LogP contribution in [0.4, 0.5) is 34.1 Å². The van der Waals surface area contributed by atoms with Gasteiger partial charge in [0.25, 0.3) is 0 Å². The quantitative estimate of drug-likeness (QED) is 0.157. The van der Waals surface area contributed by atoms with Gasteiger partial charge in [0.1, 0.15) is 0 Å². The van der Waals surface area contributed by atoms with Gasteiger partial charge in [-0.15, -0.1) is 0 Å². The highest BCUT2D eigenvalue weighted by Crippen LogP contribution is 2.52. The Balaban J connectivity index is 0.000000162. The standard InChI is InChI=1S/C24H25NO.C24H25NS/c2*1-4-5-6-19-9-11-20(12-10-19)25-21-13-7-17(2)15-23(21)26-24-16-18(3)8-14-22(24)25/h2*7-16H,4-6H2,1-3H3. The lowest BCUT2D eigenvalue weighted by Crippen LogP contribution is -2.16. The minimum Gasteiger partial charge on any atom is -0.453 e. The zero-order valence-electron chi connectivity index (χ0n) is 31.5. The van der Waals surface area contributed by atoms with Crippen LogP contribution in [0.1, 0.15) is 72.9 Å². The van der Waals surface area contributed by atoms with Gasteiger partial charge >= 0.3 is 0 Å². The number of nitrogens with zero attached hydrogens (tertiary/aromatic N) is 2. The summed E-state index contributed by atoms with van der Waals surface area (Å²) in [4.78, 5) is 7.37. The number of hydrogen-bond donors (Lipinski definition) is 0. The molecule has 6 aromatic carbocycles. The fraction of sp³-hybridized carbons (Fsp3) is 0.250. The molecular formula is C48H50N2OS. The van der Waals surface area contributed by atoms with E-state index in [1.807, 2.05) is 11.8 Å². The first kappa shape index (κ1) is 35.5. The molecule has 2 aliphatic heterocycles. The largest absolute Gasteiger partial charge is 0.453 e. The van der Waals surface area contributed by atoms with Crippen LogP contribution in [0.3, 0.4) is 0 Å². The SMILES string of the molecule is CCCCc1ccc(N2c3ccc(C)cc3Oc3cc(C)ccc32)cc1.CCCCc1ccc(N2c3ccc(C)cc3Sc3cc(C)ccc32)cc1. The molecule has 0 saturated carbocycles. The fourth-order valence-corrected chi connectivity index (χ4v) is 8.24. The van der Waals surface area contributed by atoms with Gasteiger partial charge in [-0.1, -0.05) is 87.0 Å². The van der Waals surface area contributed by atoms with Gasteiger partial charge in [0.05, 0.1) is 22.7 Å². The van der Waals surface area contributed by atoms with E-state index in [-0.39, 0.29) is 0 Å².